The number of hydrogen-bond donors (Lipinski definition) is 2. The Balaban J connectivity index is 1.68. The van der Waals surface area contributed by atoms with Crippen LogP contribution >= 0.6 is 0 Å². The lowest BCUT2D eigenvalue weighted by molar-refractivity contribution is 0.0999. The van der Waals surface area contributed by atoms with Gasteiger partial charge in [-0.3, -0.25) is 4.79 Å². The molecule has 1 aliphatic heterocycles. The molecule has 2 rings (SSSR count). The van der Waals surface area contributed by atoms with Crippen molar-refractivity contribution in [2.75, 3.05) is 19.7 Å². The van der Waals surface area contributed by atoms with Crippen molar-refractivity contribution in [2.24, 2.45) is 11.7 Å². The molecule has 1 fully saturated rings. The predicted molar refractivity (Wildman–Crippen MR) is 70.2 cm³/mol. The van der Waals surface area contributed by atoms with Crippen LogP contribution < -0.4 is 11.1 Å². The Morgan fingerprint density at radius 2 is 2.17 bits per heavy atom. The summed E-state index contributed by atoms with van der Waals surface area (Å²) in [7, 11) is 0. The van der Waals surface area contributed by atoms with Crippen LogP contribution in [0.4, 0.5) is 0 Å². The summed E-state index contributed by atoms with van der Waals surface area (Å²) >= 11 is 0. The lowest BCUT2D eigenvalue weighted by Gasteiger charge is -2.09. The molecular weight excluding hydrogens is 228 g/mol. The first-order chi connectivity index (χ1) is 8.75. The second-order valence-corrected chi connectivity index (χ2v) is 4.76. The largest absolute Gasteiger partial charge is 0.377 e. The predicted octanol–water partition coefficient (Wildman–Crippen LogP) is 1.30. The van der Waals surface area contributed by atoms with Gasteiger partial charge in [-0.2, -0.15) is 0 Å². The highest BCUT2D eigenvalue weighted by molar-refractivity contribution is 5.92. The van der Waals surface area contributed by atoms with E-state index in [0.717, 1.165) is 37.6 Å². The second kappa shape index (κ2) is 6.52. The van der Waals surface area contributed by atoms with Crippen molar-refractivity contribution < 1.29 is 9.53 Å². The number of hydrogen-bond acceptors (Lipinski definition) is 3. The van der Waals surface area contributed by atoms with Gasteiger partial charge in [-0.05, 0) is 49.5 Å². The number of ether oxygens (including phenoxy) is 1. The minimum Gasteiger partial charge on any atom is -0.377 e. The molecule has 0 aliphatic carbocycles. The first-order valence-electron chi connectivity index (χ1n) is 6.43. The molecule has 1 atom stereocenters. The summed E-state index contributed by atoms with van der Waals surface area (Å²) in [6, 6.07) is 7.25. The van der Waals surface area contributed by atoms with E-state index in [1.807, 2.05) is 12.1 Å². The smallest absolute Gasteiger partial charge is 0.248 e. The van der Waals surface area contributed by atoms with E-state index in [4.69, 9.17) is 10.5 Å². The summed E-state index contributed by atoms with van der Waals surface area (Å²) in [6.45, 7) is 3.65. The Labute approximate surface area is 108 Å². The van der Waals surface area contributed by atoms with Crippen LogP contribution in [0.25, 0.3) is 0 Å². The molecule has 1 amide bonds. The van der Waals surface area contributed by atoms with Gasteiger partial charge in [-0.25, -0.2) is 0 Å². The van der Waals surface area contributed by atoms with Crippen LogP contribution in [-0.2, 0) is 11.3 Å². The molecule has 4 heteroatoms. The normalized spacial score (nSPS) is 19.0. The molecule has 0 bridgehead atoms. The van der Waals surface area contributed by atoms with Crippen LogP contribution in [0.2, 0.25) is 0 Å². The summed E-state index contributed by atoms with van der Waals surface area (Å²) in [6.07, 6.45) is 2.38. The Kier molecular flexibility index (Phi) is 4.73. The van der Waals surface area contributed by atoms with Crippen LogP contribution in [0.15, 0.2) is 24.3 Å². The van der Waals surface area contributed by atoms with Gasteiger partial charge in [0, 0.05) is 12.2 Å². The number of primary amides is 1. The third-order valence-electron chi connectivity index (χ3n) is 3.34. The highest BCUT2D eigenvalue weighted by atomic mass is 16.5. The third kappa shape index (κ3) is 3.82. The van der Waals surface area contributed by atoms with E-state index in [0.29, 0.717) is 12.2 Å². The van der Waals surface area contributed by atoms with Gasteiger partial charge >= 0.3 is 0 Å². The SMILES string of the molecule is NC(=O)c1ccc(COCCC2CCNC2)cc1. The van der Waals surface area contributed by atoms with E-state index in [2.05, 4.69) is 5.32 Å². The summed E-state index contributed by atoms with van der Waals surface area (Å²) < 4.78 is 5.64. The van der Waals surface area contributed by atoms with Crippen LogP contribution in [0.3, 0.4) is 0 Å². The molecular formula is C14H20N2O2. The molecule has 1 aromatic carbocycles. The van der Waals surface area contributed by atoms with Gasteiger partial charge in [0.1, 0.15) is 0 Å². The van der Waals surface area contributed by atoms with Crippen molar-refractivity contribution >= 4 is 5.91 Å². The minimum absolute atomic E-state index is 0.392. The molecule has 98 valence electrons. The Morgan fingerprint density at radius 1 is 1.39 bits per heavy atom. The lowest BCUT2D eigenvalue weighted by atomic mass is 10.1. The van der Waals surface area contributed by atoms with Crippen LogP contribution in [0, 0.1) is 5.92 Å². The standard InChI is InChI=1S/C14H20N2O2/c15-14(17)13-3-1-12(2-4-13)10-18-8-6-11-5-7-16-9-11/h1-4,11,16H,5-10H2,(H2,15,17). The zero-order chi connectivity index (χ0) is 12.8. The van der Waals surface area contributed by atoms with Gasteiger partial charge in [-0.15, -0.1) is 0 Å². The van der Waals surface area contributed by atoms with Gasteiger partial charge in [0.25, 0.3) is 0 Å². The molecule has 1 unspecified atom stereocenters. The van der Waals surface area contributed by atoms with Crippen molar-refractivity contribution in [3.8, 4) is 0 Å². The maximum atomic E-state index is 10.9. The van der Waals surface area contributed by atoms with Gasteiger partial charge in [0.2, 0.25) is 5.91 Å². The van der Waals surface area contributed by atoms with E-state index < -0.39 is 5.91 Å². The quantitative estimate of drug-likeness (QED) is 0.746. The van der Waals surface area contributed by atoms with E-state index in [1.54, 1.807) is 12.1 Å². The van der Waals surface area contributed by atoms with Gasteiger partial charge in [0.15, 0.2) is 0 Å². The number of carbonyl (C=O) groups is 1. The summed E-state index contributed by atoms with van der Waals surface area (Å²) in [5.41, 5.74) is 6.79. The Bertz CT molecular complexity index is 383. The van der Waals surface area contributed by atoms with Gasteiger partial charge < -0.3 is 15.8 Å². The highest BCUT2D eigenvalue weighted by Gasteiger charge is 2.13. The molecule has 1 saturated heterocycles. The van der Waals surface area contributed by atoms with Crippen molar-refractivity contribution in [1.29, 1.82) is 0 Å². The molecule has 18 heavy (non-hydrogen) atoms. The van der Waals surface area contributed by atoms with Crippen LogP contribution in [0.1, 0.15) is 28.8 Å². The average Bonchev–Trinajstić information content (AvgIpc) is 2.88. The fraction of sp³-hybridized carbons (Fsp3) is 0.500. The fourth-order valence-electron chi connectivity index (χ4n) is 2.17. The van der Waals surface area contributed by atoms with E-state index in [-0.39, 0.29) is 0 Å². The minimum atomic E-state index is -0.392. The van der Waals surface area contributed by atoms with Crippen molar-refractivity contribution in [3.63, 3.8) is 0 Å². The monoisotopic (exact) mass is 248 g/mol. The number of benzene rings is 1. The van der Waals surface area contributed by atoms with Crippen molar-refractivity contribution in [2.45, 2.75) is 19.4 Å². The second-order valence-electron chi connectivity index (χ2n) is 4.76. The Morgan fingerprint density at radius 3 is 2.78 bits per heavy atom. The number of nitrogens with two attached hydrogens (primary N) is 1. The maximum absolute atomic E-state index is 10.9. The van der Waals surface area contributed by atoms with E-state index in [1.165, 1.54) is 6.42 Å². The summed E-state index contributed by atoms with van der Waals surface area (Å²) in [4.78, 5) is 10.9. The first kappa shape index (κ1) is 13.1. The molecule has 0 aromatic heterocycles. The van der Waals surface area contributed by atoms with E-state index in [9.17, 15) is 4.79 Å². The third-order valence-corrected chi connectivity index (χ3v) is 3.34. The first-order valence-corrected chi connectivity index (χ1v) is 6.43. The zero-order valence-electron chi connectivity index (χ0n) is 10.5. The maximum Gasteiger partial charge on any atom is 0.248 e. The number of nitrogens with one attached hydrogen (secondary N) is 1. The number of rotatable bonds is 6. The van der Waals surface area contributed by atoms with E-state index >= 15 is 0 Å². The molecule has 3 N–H and O–H groups in total. The molecule has 1 aromatic rings. The lowest BCUT2D eigenvalue weighted by Crippen LogP contribution is -2.11. The molecule has 0 spiro atoms. The summed E-state index contributed by atoms with van der Waals surface area (Å²) in [5, 5.41) is 3.35. The highest BCUT2D eigenvalue weighted by Crippen LogP contribution is 2.12. The topological polar surface area (TPSA) is 64.4 Å². The fourth-order valence-corrected chi connectivity index (χ4v) is 2.17. The number of amides is 1. The molecule has 1 heterocycles. The zero-order valence-corrected chi connectivity index (χ0v) is 10.5. The Hall–Kier alpha value is -1.39. The van der Waals surface area contributed by atoms with Gasteiger partial charge in [0.05, 0.1) is 6.61 Å². The number of carbonyl (C=O) groups excluding carboxylic acids is 1. The molecule has 0 saturated carbocycles. The van der Waals surface area contributed by atoms with Crippen LogP contribution in [-0.4, -0.2) is 25.6 Å². The van der Waals surface area contributed by atoms with Crippen LogP contribution in [0.5, 0.6) is 0 Å². The average molecular weight is 248 g/mol. The summed E-state index contributed by atoms with van der Waals surface area (Å²) in [5.74, 6) is 0.374. The van der Waals surface area contributed by atoms with Gasteiger partial charge in [-0.1, -0.05) is 12.1 Å². The molecule has 1 aliphatic rings. The molecule has 0 radical (unpaired) electrons. The molecule has 4 nitrogen and oxygen atoms in total. The van der Waals surface area contributed by atoms with Crippen molar-refractivity contribution in [1.82, 2.24) is 5.32 Å². The van der Waals surface area contributed by atoms with Crippen molar-refractivity contribution in [3.05, 3.63) is 35.4 Å².